The molecule has 2 rings (SSSR count). The smallest absolute Gasteiger partial charge is 0.225 e. The van der Waals surface area contributed by atoms with Crippen molar-refractivity contribution < 1.29 is 9.47 Å². The SMILES string of the molecule is COc1ccc(Br)c(Nc2cc(OC)nc(N)n2)c1. The van der Waals surface area contributed by atoms with Crippen LogP contribution in [0, 0.1) is 0 Å². The average molecular weight is 325 g/mol. The zero-order chi connectivity index (χ0) is 13.8. The summed E-state index contributed by atoms with van der Waals surface area (Å²) in [6.45, 7) is 0. The van der Waals surface area contributed by atoms with E-state index in [1.54, 1.807) is 13.2 Å². The molecule has 19 heavy (non-hydrogen) atoms. The topological polar surface area (TPSA) is 82.3 Å². The van der Waals surface area contributed by atoms with Gasteiger partial charge in [-0.15, -0.1) is 0 Å². The average Bonchev–Trinajstić information content (AvgIpc) is 2.40. The number of benzene rings is 1. The van der Waals surface area contributed by atoms with E-state index in [0.29, 0.717) is 11.7 Å². The van der Waals surface area contributed by atoms with Gasteiger partial charge >= 0.3 is 0 Å². The molecule has 3 N–H and O–H groups in total. The highest BCUT2D eigenvalue weighted by atomic mass is 79.9. The molecule has 100 valence electrons. The lowest BCUT2D eigenvalue weighted by Crippen LogP contribution is -2.02. The molecular formula is C12H13BrN4O2. The largest absolute Gasteiger partial charge is 0.497 e. The van der Waals surface area contributed by atoms with Crippen LogP contribution in [0.5, 0.6) is 11.6 Å². The van der Waals surface area contributed by atoms with Crippen molar-refractivity contribution >= 4 is 33.4 Å². The van der Waals surface area contributed by atoms with Crippen LogP contribution in [0.4, 0.5) is 17.5 Å². The van der Waals surface area contributed by atoms with E-state index in [9.17, 15) is 0 Å². The first kappa shape index (κ1) is 13.4. The Bertz CT molecular complexity index is 592. The molecule has 0 amide bonds. The van der Waals surface area contributed by atoms with Gasteiger partial charge < -0.3 is 20.5 Å². The van der Waals surface area contributed by atoms with E-state index in [1.807, 2.05) is 18.2 Å². The first-order valence-corrected chi connectivity index (χ1v) is 6.21. The minimum Gasteiger partial charge on any atom is -0.497 e. The van der Waals surface area contributed by atoms with Gasteiger partial charge in [0, 0.05) is 16.6 Å². The van der Waals surface area contributed by atoms with E-state index in [4.69, 9.17) is 15.2 Å². The van der Waals surface area contributed by atoms with Gasteiger partial charge in [-0.25, -0.2) is 0 Å². The van der Waals surface area contributed by atoms with Crippen LogP contribution in [0.1, 0.15) is 0 Å². The number of nitrogens with one attached hydrogen (secondary N) is 1. The highest BCUT2D eigenvalue weighted by Gasteiger charge is 2.06. The minimum absolute atomic E-state index is 0.140. The Labute approximate surface area is 119 Å². The van der Waals surface area contributed by atoms with Crippen molar-refractivity contribution in [1.82, 2.24) is 9.97 Å². The number of nitrogen functional groups attached to an aromatic ring is 1. The van der Waals surface area contributed by atoms with E-state index in [-0.39, 0.29) is 5.95 Å². The third-order valence-corrected chi connectivity index (χ3v) is 3.06. The standard InChI is InChI=1S/C12H13BrN4O2/c1-18-7-3-4-8(13)9(5-7)15-10-6-11(19-2)17-12(14)16-10/h3-6H,1-2H3,(H3,14,15,16,17). The zero-order valence-corrected chi connectivity index (χ0v) is 12.1. The molecule has 0 fully saturated rings. The number of halogens is 1. The predicted molar refractivity (Wildman–Crippen MR) is 77.0 cm³/mol. The fourth-order valence-corrected chi connectivity index (χ4v) is 1.82. The van der Waals surface area contributed by atoms with Crippen molar-refractivity contribution in [2.45, 2.75) is 0 Å². The summed E-state index contributed by atoms with van der Waals surface area (Å²) in [4.78, 5) is 8.01. The Kier molecular flexibility index (Phi) is 4.06. The molecule has 0 atom stereocenters. The van der Waals surface area contributed by atoms with Crippen LogP contribution < -0.4 is 20.5 Å². The third-order valence-electron chi connectivity index (χ3n) is 2.37. The molecule has 1 aromatic carbocycles. The maximum Gasteiger partial charge on any atom is 0.225 e. The lowest BCUT2D eigenvalue weighted by Gasteiger charge is -2.10. The van der Waals surface area contributed by atoms with Gasteiger partial charge in [0.15, 0.2) is 0 Å². The van der Waals surface area contributed by atoms with Crippen LogP contribution in [0.2, 0.25) is 0 Å². The maximum atomic E-state index is 5.60. The van der Waals surface area contributed by atoms with Crippen LogP contribution in [0.3, 0.4) is 0 Å². The van der Waals surface area contributed by atoms with Gasteiger partial charge in [-0.1, -0.05) is 0 Å². The van der Waals surface area contributed by atoms with Crippen molar-refractivity contribution in [2.75, 3.05) is 25.3 Å². The second-order valence-electron chi connectivity index (χ2n) is 3.62. The van der Waals surface area contributed by atoms with Crippen molar-refractivity contribution in [2.24, 2.45) is 0 Å². The maximum absolute atomic E-state index is 5.60. The summed E-state index contributed by atoms with van der Waals surface area (Å²) >= 11 is 3.45. The summed E-state index contributed by atoms with van der Waals surface area (Å²) in [7, 11) is 3.13. The molecule has 0 saturated carbocycles. The second-order valence-corrected chi connectivity index (χ2v) is 4.48. The van der Waals surface area contributed by atoms with Gasteiger partial charge in [0.05, 0.1) is 19.9 Å². The minimum atomic E-state index is 0.140. The van der Waals surface area contributed by atoms with Gasteiger partial charge in [0.25, 0.3) is 0 Å². The predicted octanol–water partition coefficient (Wildman–Crippen LogP) is 2.58. The van der Waals surface area contributed by atoms with Crippen molar-refractivity contribution in [1.29, 1.82) is 0 Å². The summed E-state index contributed by atoms with van der Waals surface area (Å²) in [5.74, 6) is 1.81. The molecule has 0 aliphatic rings. The van der Waals surface area contributed by atoms with Gasteiger partial charge in [-0.3, -0.25) is 0 Å². The third kappa shape index (κ3) is 3.25. The molecule has 0 aliphatic heterocycles. The molecule has 0 saturated heterocycles. The number of hydrogen-bond donors (Lipinski definition) is 2. The number of anilines is 3. The first-order chi connectivity index (χ1) is 9.12. The Morgan fingerprint density at radius 2 is 1.95 bits per heavy atom. The molecule has 2 aromatic rings. The molecule has 0 spiro atoms. The zero-order valence-electron chi connectivity index (χ0n) is 10.5. The Balaban J connectivity index is 2.32. The normalized spacial score (nSPS) is 10.1. The molecule has 6 nitrogen and oxygen atoms in total. The Morgan fingerprint density at radius 1 is 1.16 bits per heavy atom. The van der Waals surface area contributed by atoms with Crippen LogP contribution in [-0.2, 0) is 0 Å². The number of ether oxygens (including phenoxy) is 2. The molecule has 0 bridgehead atoms. The van der Waals surface area contributed by atoms with E-state index in [0.717, 1.165) is 15.9 Å². The number of hydrogen-bond acceptors (Lipinski definition) is 6. The fraction of sp³-hybridized carbons (Fsp3) is 0.167. The molecule has 0 aliphatic carbocycles. The lowest BCUT2D eigenvalue weighted by atomic mass is 10.3. The number of aromatic nitrogens is 2. The van der Waals surface area contributed by atoms with Crippen molar-refractivity contribution in [3.05, 3.63) is 28.7 Å². The quantitative estimate of drug-likeness (QED) is 0.899. The Hall–Kier alpha value is -2.02. The molecule has 0 unspecified atom stereocenters. The molecule has 1 heterocycles. The second kappa shape index (κ2) is 5.75. The van der Waals surface area contributed by atoms with Crippen LogP contribution in [-0.4, -0.2) is 24.2 Å². The number of nitrogens with zero attached hydrogens (tertiary/aromatic N) is 2. The summed E-state index contributed by atoms with van der Waals surface area (Å²) in [6.07, 6.45) is 0. The van der Waals surface area contributed by atoms with E-state index in [2.05, 4.69) is 31.2 Å². The number of rotatable bonds is 4. The lowest BCUT2D eigenvalue weighted by molar-refractivity contribution is 0.398. The highest BCUT2D eigenvalue weighted by Crippen LogP contribution is 2.30. The Morgan fingerprint density at radius 3 is 2.63 bits per heavy atom. The summed E-state index contributed by atoms with van der Waals surface area (Å²) in [5, 5.41) is 3.12. The molecule has 0 radical (unpaired) electrons. The fourth-order valence-electron chi connectivity index (χ4n) is 1.48. The van der Waals surface area contributed by atoms with Gasteiger partial charge in [-0.05, 0) is 28.1 Å². The summed E-state index contributed by atoms with van der Waals surface area (Å²) < 4.78 is 11.1. The van der Waals surface area contributed by atoms with Gasteiger partial charge in [0.1, 0.15) is 11.6 Å². The molecular weight excluding hydrogens is 312 g/mol. The van der Waals surface area contributed by atoms with Crippen molar-refractivity contribution in [3.8, 4) is 11.6 Å². The highest BCUT2D eigenvalue weighted by molar-refractivity contribution is 9.10. The van der Waals surface area contributed by atoms with Crippen LogP contribution >= 0.6 is 15.9 Å². The number of nitrogens with two attached hydrogens (primary N) is 1. The van der Waals surface area contributed by atoms with E-state index < -0.39 is 0 Å². The van der Waals surface area contributed by atoms with Crippen LogP contribution in [0.25, 0.3) is 0 Å². The van der Waals surface area contributed by atoms with Gasteiger partial charge in [-0.2, -0.15) is 9.97 Å². The first-order valence-electron chi connectivity index (χ1n) is 5.41. The summed E-state index contributed by atoms with van der Waals surface area (Å²) in [6, 6.07) is 7.23. The number of methoxy groups -OCH3 is 2. The monoisotopic (exact) mass is 324 g/mol. The van der Waals surface area contributed by atoms with Crippen LogP contribution in [0.15, 0.2) is 28.7 Å². The summed E-state index contributed by atoms with van der Waals surface area (Å²) in [5.41, 5.74) is 6.41. The van der Waals surface area contributed by atoms with Gasteiger partial charge in [0.2, 0.25) is 11.8 Å². The van der Waals surface area contributed by atoms with E-state index in [1.165, 1.54) is 7.11 Å². The molecule has 1 aromatic heterocycles. The van der Waals surface area contributed by atoms with Crippen molar-refractivity contribution in [3.63, 3.8) is 0 Å². The van der Waals surface area contributed by atoms with E-state index >= 15 is 0 Å². The molecule has 7 heteroatoms.